The number of benzene rings is 1. The van der Waals surface area contributed by atoms with Crippen LogP contribution in [0, 0.1) is 20.8 Å². The van der Waals surface area contributed by atoms with Crippen molar-refractivity contribution in [3.63, 3.8) is 0 Å². The van der Waals surface area contributed by atoms with Crippen LogP contribution in [-0.2, 0) is 21.9 Å². The second kappa shape index (κ2) is 7.30. The Morgan fingerprint density at radius 1 is 1.16 bits per heavy atom. The summed E-state index contributed by atoms with van der Waals surface area (Å²) >= 11 is 0. The summed E-state index contributed by atoms with van der Waals surface area (Å²) in [6.07, 6.45) is 1.31. The summed E-state index contributed by atoms with van der Waals surface area (Å²) in [6, 6.07) is 5.44. The Hall–Kier alpha value is -1.66. The number of hydrogen-bond donors (Lipinski definition) is 1. The molecule has 0 aliphatic carbocycles. The summed E-state index contributed by atoms with van der Waals surface area (Å²) in [5.41, 5.74) is 2.42. The van der Waals surface area contributed by atoms with E-state index in [9.17, 15) is 8.42 Å². The van der Waals surface area contributed by atoms with Gasteiger partial charge in [0.1, 0.15) is 5.76 Å². The van der Waals surface area contributed by atoms with E-state index in [1.807, 2.05) is 26.0 Å². The normalized spacial score (nSPS) is 12.6. The molecule has 5 nitrogen and oxygen atoms in total. The van der Waals surface area contributed by atoms with Crippen LogP contribution in [-0.4, -0.2) is 19.9 Å². The largest absolute Gasteiger partial charge is 0.445 e. The molecule has 25 heavy (non-hydrogen) atoms. The van der Waals surface area contributed by atoms with Gasteiger partial charge in [-0.1, -0.05) is 32.9 Å². The molecule has 0 amide bonds. The van der Waals surface area contributed by atoms with E-state index in [1.54, 1.807) is 13.0 Å². The minimum absolute atomic E-state index is 0.132. The molecule has 6 heteroatoms. The number of aromatic nitrogens is 1. The number of rotatable bonds is 6. The molecule has 0 unspecified atom stereocenters. The van der Waals surface area contributed by atoms with E-state index < -0.39 is 10.0 Å². The van der Waals surface area contributed by atoms with E-state index in [2.05, 4.69) is 30.5 Å². The minimum Gasteiger partial charge on any atom is -0.445 e. The molecule has 0 aliphatic rings. The van der Waals surface area contributed by atoms with E-state index in [0.29, 0.717) is 24.3 Å². The predicted molar refractivity (Wildman–Crippen MR) is 99.4 cm³/mol. The van der Waals surface area contributed by atoms with Gasteiger partial charge in [-0.05, 0) is 44.4 Å². The molecule has 1 aromatic heterocycles. The maximum absolute atomic E-state index is 12.5. The van der Waals surface area contributed by atoms with Gasteiger partial charge in [-0.3, -0.25) is 0 Å². The quantitative estimate of drug-likeness (QED) is 0.791. The van der Waals surface area contributed by atoms with Crippen molar-refractivity contribution in [2.75, 3.05) is 6.54 Å². The van der Waals surface area contributed by atoms with Crippen LogP contribution in [0.1, 0.15) is 55.7 Å². The van der Waals surface area contributed by atoms with Gasteiger partial charge < -0.3 is 4.42 Å². The van der Waals surface area contributed by atoms with Crippen LogP contribution < -0.4 is 4.72 Å². The standard InChI is InChI=1S/C19H28N2O3S/c1-13-9-10-14(2)17(12-13)25(22,23)20-11-7-8-16-15(3)21-18(24-16)19(4,5)6/h9-10,12,20H,7-8,11H2,1-6H3. The lowest BCUT2D eigenvalue weighted by atomic mass is 9.97. The lowest BCUT2D eigenvalue weighted by Crippen LogP contribution is -2.26. The molecule has 0 saturated carbocycles. The fraction of sp³-hybridized carbons (Fsp3) is 0.526. The van der Waals surface area contributed by atoms with Gasteiger partial charge in [0.05, 0.1) is 10.6 Å². The van der Waals surface area contributed by atoms with Crippen LogP contribution in [0.25, 0.3) is 0 Å². The minimum atomic E-state index is -3.49. The summed E-state index contributed by atoms with van der Waals surface area (Å²) in [7, 11) is -3.49. The van der Waals surface area contributed by atoms with Gasteiger partial charge in [0.2, 0.25) is 10.0 Å². The Labute approximate surface area is 150 Å². The van der Waals surface area contributed by atoms with Crippen molar-refractivity contribution in [1.82, 2.24) is 9.71 Å². The third-order valence-electron chi connectivity index (χ3n) is 4.04. The molecule has 138 valence electrons. The first-order valence-corrected chi connectivity index (χ1v) is 10.0. The van der Waals surface area contributed by atoms with Gasteiger partial charge in [-0.15, -0.1) is 0 Å². The first-order chi connectivity index (χ1) is 11.5. The topological polar surface area (TPSA) is 72.2 Å². The second-order valence-corrected chi connectivity index (χ2v) is 9.28. The molecular weight excluding hydrogens is 336 g/mol. The van der Waals surface area contributed by atoms with Crippen LogP contribution in [0.4, 0.5) is 0 Å². The van der Waals surface area contributed by atoms with Gasteiger partial charge in [0.25, 0.3) is 0 Å². The van der Waals surface area contributed by atoms with Crippen LogP contribution >= 0.6 is 0 Å². The molecule has 2 rings (SSSR count). The molecule has 1 heterocycles. The molecule has 0 spiro atoms. The Balaban J connectivity index is 1.97. The van der Waals surface area contributed by atoms with Crippen molar-refractivity contribution in [3.8, 4) is 0 Å². The zero-order valence-corrected chi connectivity index (χ0v) is 16.8. The molecule has 1 aromatic carbocycles. The third kappa shape index (κ3) is 4.92. The number of hydrogen-bond acceptors (Lipinski definition) is 4. The van der Waals surface area contributed by atoms with E-state index in [-0.39, 0.29) is 5.41 Å². The van der Waals surface area contributed by atoms with Crippen molar-refractivity contribution in [2.45, 2.75) is 64.7 Å². The fourth-order valence-electron chi connectivity index (χ4n) is 2.51. The monoisotopic (exact) mass is 364 g/mol. The molecule has 0 saturated heterocycles. The lowest BCUT2D eigenvalue weighted by molar-refractivity contribution is 0.370. The van der Waals surface area contributed by atoms with Crippen molar-refractivity contribution in [2.24, 2.45) is 0 Å². The first-order valence-electron chi connectivity index (χ1n) is 8.54. The van der Waals surface area contributed by atoms with Crippen molar-refractivity contribution >= 4 is 10.0 Å². The van der Waals surface area contributed by atoms with E-state index in [0.717, 1.165) is 28.5 Å². The average molecular weight is 365 g/mol. The Bertz CT molecular complexity index is 846. The molecule has 2 aromatic rings. The number of nitrogens with zero attached hydrogens (tertiary/aromatic N) is 1. The first kappa shape index (κ1) is 19.7. The highest BCUT2D eigenvalue weighted by atomic mass is 32.2. The molecular formula is C19H28N2O3S. The van der Waals surface area contributed by atoms with Crippen LogP contribution in [0.3, 0.4) is 0 Å². The molecule has 0 fully saturated rings. The zero-order chi connectivity index (χ0) is 18.8. The Morgan fingerprint density at radius 2 is 1.84 bits per heavy atom. The summed E-state index contributed by atoms with van der Waals surface area (Å²) in [4.78, 5) is 4.82. The summed E-state index contributed by atoms with van der Waals surface area (Å²) < 4.78 is 33.5. The van der Waals surface area contributed by atoms with Crippen LogP contribution in [0.2, 0.25) is 0 Å². The Morgan fingerprint density at radius 3 is 2.44 bits per heavy atom. The van der Waals surface area contributed by atoms with Crippen molar-refractivity contribution in [1.29, 1.82) is 0 Å². The summed E-state index contributed by atoms with van der Waals surface area (Å²) in [6.45, 7) is 12.1. The highest BCUT2D eigenvalue weighted by Gasteiger charge is 2.22. The smallest absolute Gasteiger partial charge is 0.240 e. The molecule has 0 bridgehead atoms. The maximum atomic E-state index is 12.5. The van der Waals surface area contributed by atoms with Gasteiger partial charge in [0, 0.05) is 18.4 Å². The van der Waals surface area contributed by atoms with E-state index in [4.69, 9.17) is 4.42 Å². The molecule has 0 radical (unpaired) electrons. The van der Waals surface area contributed by atoms with Gasteiger partial charge in [0.15, 0.2) is 5.89 Å². The number of aryl methyl sites for hydroxylation is 4. The Kier molecular flexibility index (Phi) is 5.74. The van der Waals surface area contributed by atoms with Gasteiger partial charge in [-0.2, -0.15) is 0 Å². The SMILES string of the molecule is Cc1ccc(C)c(S(=O)(=O)NCCCc2oc(C(C)(C)C)nc2C)c1. The molecule has 0 atom stereocenters. The number of sulfonamides is 1. The fourth-order valence-corrected chi connectivity index (χ4v) is 3.91. The molecule has 0 aliphatic heterocycles. The average Bonchev–Trinajstić information content (AvgIpc) is 2.87. The highest BCUT2D eigenvalue weighted by Crippen LogP contribution is 2.24. The van der Waals surface area contributed by atoms with Gasteiger partial charge in [-0.25, -0.2) is 18.1 Å². The van der Waals surface area contributed by atoms with Crippen molar-refractivity contribution in [3.05, 3.63) is 46.7 Å². The predicted octanol–water partition coefficient (Wildman–Crippen LogP) is 3.81. The summed E-state index contributed by atoms with van der Waals surface area (Å²) in [5, 5.41) is 0. The van der Waals surface area contributed by atoms with Gasteiger partial charge >= 0.3 is 0 Å². The third-order valence-corrected chi connectivity index (χ3v) is 5.64. The molecule has 1 N–H and O–H groups in total. The van der Waals surface area contributed by atoms with Crippen LogP contribution in [0.5, 0.6) is 0 Å². The number of nitrogens with one attached hydrogen (secondary N) is 1. The highest BCUT2D eigenvalue weighted by molar-refractivity contribution is 7.89. The maximum Gasteiger partial charge on any atom is 0.240 e. The second-order valence-electron chi connectivity index (χ2n) is 7.55. The van der Waals surface area contributed by atoms with Crippen molar-refractivity contribution < 1.29 is 12.8 Å². The zero-order valence-electron chi connectivity index (χ0n) is 15.9. The van der Waals surface area contributed by atoms with E-state index in [1.165, 1.54) is 0 Å². The lowest BCUT2D eigenvalue weighted by Gasteiger charge is -2.12. The number of oxazole rings is 1. The summed E-state index contributed by atoms with van der Waals surface area (Å²) in [5.74, 6) is 1.55. The van der Waals surface area contributed by atoms with E-state index >= 15 is 0 Å². The van der Waals surface area contributed by atoms with Crippen LogP contribution in [0.15, 0.2) is 27.5 Å².